The van der Waals surface area contributed by atoms with Gasteiger partial charge < -0.3 is 19.7 Å². The van der Waals surface area contributed by atoms with Crippen LogP contribution in [0.3, 0.4) is 0 Å². The first-order valence-electron chi connectivity index (χ1n) is 12.3. The van der Waals surface area contributed by atoms with Gasteiger partial charge in [0.1, 0.15) is 11.9 Å². The summed E-state index contributed by atoms with van der Waals surface area (Å²) < 4.78 is 24.2. The largest absolute Gasteiger partial charge is 0.454 e. The molecule has 1 aliphatic carbocycles. The van der Waals surface area contributed by atoms with Gasteiger partial charge >= 0.3 is 0 Å². The third-order valence-corrected chi connectivity index (χ3v) is 6.67. The number of carbonyl (C=O) groups excluding carboxylic acids is 2. The molecule has 1 heterocycles. The van der Waals surface area contributed by atoms with Crippen LogP contribution < -0.4 is 14.8 Å². The number of nitrogens with zero attached hydrogens (tertiary/aromatic N) is 1. The van der Waals surface area contributed by atoms with E-state index in [1.54, 1.807) is 17.0 Å². The minimum absolute atomic E-state index is 0.104. The topological polar surface area (TPSA) is 67.9 Å². The monoisotopic (exact) mass is 468 g/mol. The van der Waals surface area contributed by atoms with E-state index in [0.717, 1.165) is 36.8 Å². The first-order chi connectivity index (χ1) is 16.5. The van der Waals surface area contributed by atoms with Crippen molar-refractivity contribution < 1.29 is 23.5 Å². The van der Waals surface area contributed by atoms with Gasteiger partial charge in [0.05, 0.1) is 0 Å². The quantitative estimate of drug-likeness (QED) is 0.577. The Labute approximate surface area is 200 Å². The Kier molecular flexibility index (Phi) is 8.03. The van der Waals surface area contributed by atoms with Crippen LogP contribution in [-0.4, -0.2) is 35.6 Å². The molecular formula is C27H33FN2O4. The van der Waals surface area contributed by atoms with Crippen molar-refractivity contribution in [1.29, 1.82) is 0 Å². The second kappa shape index (κ2) is 11.4. The summed E-state index contributed by atoms with van der Waals surface area (Å²) in [6, 6.07) is 11.4. The van der Waals surface area contributed by atoms with Gasteiger partial charge in [-0.15, -0.1) is 0 Å². The van der Waals surface area contributed by atoms with Crippen molar-refractivity contribution in [3.63, 3.8) is 0 Å². The van der Waals surface area contributed by atoms with Crippen molar-refractivity contribution >= 4 is 11.8 Å². The van der Waals surface area contributed by atoms with Crippen LogP contribution in [0, 0.1) is 5.82 Å². The number of amides is 2. The number of fused-ring (bicyclic) bond motifs is 1. The molecule has 182 valence electrons. The zero-order valence-corrected chi connectivity index (χ0v) is 19.7. The summed E-state index contributed by atoms with van der Waals surface area (Å²) in [7, 11) is 0. The summed E-state index contributed by atoms with van der Waals surface area (Å²) in [5.74, 6) is 0.858. The molecule has 2 amide bonds. The minimum Gasteiger partial charge on any atom is -0.454 e. The van der Waals surface area contributed by atoms with Gasteiger partial charge in [0.25, 0.3) is 0 Å². The summed E-state index contributed by atoms with van der Waals surface area (Å²) in [5.41, 5.74) is 1.76. The average molecular weight is 469 g/mol. The molecule has 1 aliphatic heterocycles. The van der Waals surface area contributed by atoms with Gasteiger partial charge in [-0.25, -0.2) is 4.39 Å². The lowest BCUT2D eigenvalue weighted by molar-refractivity contribution is -0.141. The van der Waals surface area contributed by atoms with Crippen molar-refractivity contribution in [2.24, 2.45) is 0 Å². The Balaban J connectivity index is 1.47. The zero-order valence-electron chi connectivity index (χ0n) is 19.7. The maximum atomic E-state index is 13.4. The maximum Gasteiger partial charge on any atom is 0.243 e. The molecule has 2 aliphatic rings. The number of benzene rings is 2. The molecule has 6 nitrogen and oxygen atoms in total. The third kappa shape index (κ3) is 6.07. The molecule has 0 spiro atoms. The molecule has 0 bridgehead atoms. The van der Waals surface area contributed by atoms with Gasteiger partial charge in [-0.3, -0.25) is 9.59 Å². The van der Waals surface area contributed by atoms with Crippen molar-refractivity contribution in [2.45, 2.75) is 76.9 Å². The smallest absolute Gasteiger partial charge is 0.243 e. The van der Waals surface area contributed by atoms with Crippen LogP contribution in [0.15, 0.2) is 42.5 Å². The number of halogens is 1. The highest BCUT2D eigenvalue weighted by molar-refractivity contribution is 5.88. The molecular weight excluding hydrogens is 435 g/mol. The lowest BCUT2D eigenvalue weighted by Crippen LogP contribution is -2.51. The second-order valence-corrected chi connectivity index (χ2v) is 9.10. The Morgan fingerprint density at radius 2 is 1.74 bits per heavy atom. The first kappa shape index (κ1) is 24.0. The fraction of sp³-hybridized carbons (Fsp3) is 0.481. The normalized spacial score (nSPS) is 16.2. The number of hydrogen-bond acceptors (Lipinski definition) is 4. The Morgan fingerprint density at radius 1 is 1.03 bits per heavy atom. The van der Waals surface area contributed by atoms with Crippen LogP contribution in [0.5, 0.6) is 11.5 Å². The standard InChI is InChI=1S/C27H33FN2O4/c1-2-23(27(32)29-22-6-4-3-5-7-22)30(17-20-8-12-21(28)13-9-20)26(31)15-11-19-10-14-24-25(16-19)34-18-33-24/h8-10,12-14,16,22-23H,2-7,11,15,17-18H2,1H3,(H,29,32). The van der Waals surface area contributed by atoms with E-state index in [2.05, 4.69) is 5.32 Å². The third-order valence-electron chi connectivity index (χ3n) is 6.67. The second-order valence-electron chi connectivity index (χ2n) is 9.10. The van der Waals surface area contributed by atoms with Gasteiger partial charge in [-0.1, -0.05) is 44.4 Å². The van der Waals surface area contributed by atoms with E-state index in [1.807, 2.05) is 25.1 Å². The Hall–Kier alpha value is -3.09. The van der Waals surface area contributed by atoms with Crippen molar-refractivity contribution in [1.82, 2.24) is 10.2 Å². The number of aryl methyl sites for hydroxylation is 1. The molecule has 4 rings (SSSR count). The lowest BCUT2D eigenvalue weighted by Gasteiger charge is -2.33. The lowest BCUT2D eigenvalue weighted by atomic mass is 9.95. The molecule has 0 radical (unpaired) electrons. The first-order valence-corrected chi connectivity index (χ1v) is 12.3. The number of rotatable bonds is 9. The van der Waals surface area contributed by atoms with E-state index < -0.39 is 6.04 Å². The van der Waals surface area contributed by atoms with Crippen LogP contribution in [0.2, 0.25) is 0 Å². The van der Waals surface area contributed by atoms with Gasteiger partial charge in [-0.05, 0) is 61.1 Å². The summed E-state index contributed by atoms with van der Waals surface area (Å²) in [5, 5.41) is 3.18. The number of ether oxygens (including phenoxy) is 2. The van der Waals surface area contributed by atoms with E-state index >= 15 is 0 Å². The van der Waals surface area contributed by atoms with Gasteiger partial charge in [0.2, 0.25) is 18.6 Å². The van der Waals surface area contributed by atoms with E-state index in [-0.39, 0.29) is 43.4 Å². The fourth-order valence-corrected chi connectivity index (χ4v) is 4.74. The molecule has 1 fully saturated rings. The molecule has 1 atom stereocenters. The number of hydrogen-bond donors (Lipinski definition) is 1. The average Bonchev–Trinajstić information content (AvgIpc) is 3.32. The van der Waals surface area contributed by atoms with Gasteiger partial charge in [0, 0.05) is 19.0 Å². The van der Waals surface area contributed by atoms with E-state index in [1.165, 1.54) is 18.6 Å². The summed E-state index contributed by atoms with van der Waals surface area (Å²) in [6.45, 7) is 2.39. The molecule has 7 heteroatoms. The molecule has 1 saturated carbocycles. The predicted octanol–water partition coefficient (Wildman–Crippen LogP) is 4.74. The highest BCUT2D eigenvalue weighted by Crippen LogP contribution is 2.33. The molecule has 34 heavy (non-hydrogen) atoms. The van der Waals surface area contributed by atoms with Crippen LogP contribution >= 0.6 is 0 Å². The van der Waals surface area contributed by atoms with E-state index in [4.69, 9.17) is 9.47 Å². The molecule has 0 saturated heterocycles. The van der Waals surface area contributed by atoms with Crippen molar-refractivity contribution in [2.75, 3.05) is 6.79 Å². The zero-order chi connectivity index (χ0) is 23.9. The van der Waals surface area contributed by atoms with Crippen LogP contribution in [0.1, 0.15) is 63.0 Å². The van der Waals surface area contributed by atoms with Crippen LogP contribution in [-0.2, 0) is 22.6 Å². The van der Waals surface area contributed by atoms with Gasteiger partial charge in [-0.2, -0.15) is 0 Å². The fourth-order valence-electron chi connectivity index (χ4n) is 4.74. The summed E-state index contributed by atoms with van der Waals surface area (Å²) in [6.07, 6.45) is 6.71. The molecule has 0 aromatic heterocycles. The highest BCUT2D eigenvalue weighted by atomic mass is 19.1. The Morgan fingerprint density at radius 3 is 2.47 bits per heavy atom. The molecule has 2 aromatic carbocycles. The van der Waals surface area contributed by atoms with Crippen molar-refractivity contribution in [3.05, 3.63) is 59.4 Å². The summed E-state index contributed by atoms with van der Waals surface area (Å²) in [4.78, 5) is 28.3. The number of carbonyl (C=O) groups is 2. The van der Waals surface area contributed by atoms with E-state index in [0.29, 0.717) is 24.3 Å². The molecule has 1 N–H and O–H groups in total. The number of nitrogens with one attached hydrogen (secondary N) is 1. The predicted molar refractivity (Wildman–Crippen MR) is 127 cm³/mol. The Bertz CT molecular complexity index is 989. The molecule has 1 unspecified atom stereocenters. The van der Waals surface area contributed by atoms with E-state index in [9.17, 15) is 14.0 Å². The highest BCUT2D eigenvalue weighted by Gasteiger charge is 2.30. The SMILES string of the molecule is CCC(C(=O)NC1CCCCC1)N(Cc1ccc(F)cc1)C(=O)CCc1ccc2c(c1)OCO2. The maximum absolute atomic E-state index is 13.4. The van der Waals surface area contributed by atoms with Crippen LogP contribution in [0.4, 0.5) is 4.39 Å². The minimum atomic E-state index is -0.573. The van der Waals surface area contributed by atoms with Crippen LogP contribution in [0.25, 0.3) is 0 Å². The van der Waals surface area contributed by atoms with Gasteiger partial charge in [0.15, 0.2) is 11.5 Å². The molecule has 2 aromatic rings. The summed E-state index contributed by atoms with van der Waals surface area (Å²) >= 11 is 0. The van der Waals surface area contributed by atoms with Crippen molar-refractivity contribution in [3.8, 4) is 11.5 Å².